The molecule has 0 aliphatic carbocycles. The first-order chi connectivity index (χ1) is 7.91. The molecule has 0 atom stereocenters. The van der Waals surface area contributed by atoms with Crippen LogP contribution in [0.3, 0.4) is 0 Å². The van der Waals surface area contributed by atoms with Gasteiger partial charge in [0.2, 0.25) is 0 Å². The number of rotatable bonds is 13. The van der Waals surface area contributed by atoms with Crippen molar-refractivity contribution in [1.82, 2.24) is 0 Å². The molecule has 0 spiro atoms. The molecule has 0 aromatic rings. The fourth-order valence-corrected chi connectivity index (χ4v) is 1.94. The van der Waals surface area contributed by atoms with Gasteiger partial charge in [0.05, 0.1) is 0 Å². The van der Waals surface area contributed by atoms with E-state index in [0.717, 1.165) is 19.6 Å². The molecule has 0 N–H and O–H groups in total. The maximum absolute atomic E-state index is 5.45. The van der Waals surface area contributed by atoms with Crippen molar-refractivity contribution < 1.29 is 4.74 Å². The summed E-state index contributed by atoms with van der Waals surface area (Å²) < 4.78 is 5.45. The standard InChI is InChI=1S/C15H32O.Na.H/c1-3-5-6-7-8-9-10-11-12-13-15-16-14-4-2;;/h3-15H2,1-2H3;;. The second-order valence-electron chi connectivity index (χ2n) is 4.79. The average molecular weight is 252 g/mol. The molecule has 0 bridgehead atoms. The van der Waals surface area contributed by atoms with Crippen LogP contribution in [0.5, 0.6) is 0 Å². The molecule has 0 rings (SSSR count). The molecular formula is C15H33NaO. The second-order valence-corrected chi connectivity index (χ2v) is 4.79. The van der Waals surface area contributed by atoms with E-state index in [1.54, 1.807) is 0 Å². The number of ether oxygens (including phenoxy) is 1. The number of unbranched alkanes of at least 4 members (excludes halogenated alkanes) is 9. The second kappa shape index (κ2) is 19.3. The van der Waals surface area contributed by atoms with Gasteiger partial charge >= 0.3 is 29.6 Å². The summed E-state index contributed by atoms with van der Waals surface area (Å²) in [5.74, 6) is 0. The Morgan fingerprint density at radius 1 is 0.529 bits per heavy atom. The predicted molar refractivity (Wildman–Crippen MR) is 80.1 cm³/mol. The summed E-state index contributed by atoms with van der Waals surface area (Å²) in [5.41, 5.74) is 0. The Morgan fingerprint density at radius 2 is 1.00 bits per heavy atom. The van der Waals surface area contributed by atoms with Gasteiger partial charge in [-0.15, -0.1) is 0 Å². The SMILES string of the molecule is CCCCCCCCCCCCOCCC.[NaH]. The van der Waals surface area contributed by atoms with Crippen molar-refractivity contribution in [2.24, 2.45) is 0 Å². The first-order valence-corrected chi connectivity index (χ1v) is 7.49. The summed E-state index contributed by atoms with van der Waals surface area (Å²) in [7, 11) is 0. The maximum atomic E-state index is 5.45. The molecule has 0 radical (unpaired) electrons. The topological polar surface area (TPSA) is 9.23 Å². The number of hydrogen-bond acceptors (Lipinski definition) is 1. The summed E-state index contributed by atoms with van der Waals surface area (Å²) >= 11 is 0. The molecule has 100 valence electrons. The zero-order valence-electron chi connectivity index (χ0n) is 11.6. The molecule has 17 heavy (non-hydrogen) atoms. The normalized spacial score (nSPS) is 10.2. The van der Waals surface area contributed by atoms with Crippen molar-refractivity contribution in [3.8, 4) is 0 Å². The molecule has 0 aromatic heterocycles. The quantitative estimate of drug-likeness (QED) is 0.341. The molecule has 0 heterocycles. The van der Waals surface area contributed by atoms with E-state index >= 15 is 0 Å². The monoisotopic (exact) mass is 252 g/mol. The van der Waals surface area contributed by atoms with Gasteiger partial charge in [0.15, 0.2) is 0 Å². The van der Waals surface area contributed by atoms with E-state index in [2.05, 4.69) is 13.8 Å². The van der Waals surface area contributed by atoms with Crippen molar-refractivity contribution in [3.63, 3.8) is 0 Å². The Hall–Kier alpha value is 0.960. The van der Waals surface area contributed by atoms with Crippen LogP contribution in [-0.2, 0) is 4.74 Å². The van der Waals surface area contributed by atoms with E-state index < -0.39 is 0 Å². The fraction of sp³-hybridized carbons (Fsp3) is 1.00. The Morgan fingerprint density at radius 3 is 1.47 bits per heavy atom. The van der Waals surface area contributed by atoms with Crippen LogP contribution in [0, 0.1) is 0 Å². The minimum atomic E-state index is 0. The minimum absolute atomic E-state index is 0. The Bertz CT molecular complexity index is 103. The van der Waals surface area contributed by atoms with E-state index in [-0.39, 0.29) is 29.6 Å². The fourth-order valence-electron chi connectivity index (χ4n) is 1.94. The first kappa shape index (κ1) is 20.3. The Labute approximate surface area is 131 Å². The van der Waals surface area contributed by atoms with Crippen LogP contribution in [0.4, 0.5) is 0 Å². The van der Waals surface area contributed by atoms with Gasteiger partial charge in [-0.1, -0.05) is 71.6 Å². The molecule has 0 aromatic carbocycles. The Kier molecular flexibility index (Phi) is 23.0. The van der Waals surface area contributed by atoms with E-state index in [1.165, 1.54) is 64.2 Å². The van der Waals surface area contributed by atoms with Gasteiger partial charge < -0.3 is 4.74 Å². The molecule has 0 aliphatic rings. The van der Waals surface area contributed by atoms with Crippen LogP contribution in [0.2, 0.25) is 0 Å². The van der Waals surface area contributed by atoms with Crippen molar-refractivity contribution in [3.05, 3.63) is 0 Å². The summed E-state index contributed by atoms with van der Waals surface area (Å²) in [6.45, 7) is 6.36. The molecule has 0 unspecified atom stereocenters. The van der Waals surface area contributed by atoms with E-state index in [4.69, 9.17) is 4.74 Å². The molecule has 0 saturated heterocycles. The third-order valence-corrected chi connectivity index (χ3v) is 2.99. The van der Waals surface area contributed by atoms with Crippen molar-refractivity contribution in [1.29, 1.82) is 0 Å². The van der Waals surface area contributed by atoms with Crippen LogP contribution >= 0.6 is 0 Å². The van der Waals surface area contributed by atoms with Crippen molar-refractivity contribution in [2.75, 3.05) is 13.2 Å². The first-order valence-electron chi connectivity index (χ1n) is 7.49. The molecule has 0 saturated carbocycles. The molecule has 0 fully saturated rings. The van der Waals surface area contributed by atoms with E-state index in [1.807, 2.05) is 0 Å². The van der Waals surface area contributed by atoms with Gasteiger partial charge in [0.25, 0.3) is 0 Å². The molecule has 0 aliphatic heterocycles. The van der Waals surface area contributed by atoms with Gasteiger partial charge in [-0.05, 0) is 12.8 Å². The molecule has 2 heteroatoms. The zero-order chi connectivity index (χ0) is 11.9. The summed E-state index contributed by atoms with van der Waals surface area (Å²) in [4.78, 5) is 0. The third kappa shape index (κ3) is 19.5. The van der Waals surface area contributed by atoms with Crippen molar-refractivity contribution >= 4 is 29.6 Å². The molecule has 1 nitrogen and oxygen atoms in total. The summed E-state index contributed by atoms with van der Waals surface area (Å²) in [5, 5.41) is 0. The van der Waals surface area contributed by atoms with Gasteiger partial charge in [0, 0.05) is 13.2 Å². The summed E-state index contributed by atoms with van der Waals surface area (Å²) in [6.07, 6.45) is 15.2. The van der Waals surface area contributed by atoms with Gasteiger partial charge in [-0.25, -0.2) is 0 Å². The molecule has 0 amide bonds. The van der Waals surface area contributed by atoms with Crippen LogP contribution in [0.1, 0.15) is 84.5 Å². The van der Waals surface area contributed by atoms with Gasteiger partial charge in [-0.2, -0.15) is 0 Å². The number of hydrogen-bond donors (Lipinski definition) is 0. The Balaban J connectivity index is 0. The third-order valence-electron chi connectivity index (χ3n) is 2.99. The van der Waals surface area contributed by atoms with Crippen LogP contribution < -0.4 is 0 Å². The van der Waals surface area contributed by atoms with Gasteiger partial charge in [0.1, 0.15) is 0 Å². The van der Waals surface area contributed by atoms with E-state index in [9.17, 15) is 0 Å². The van der Waals surface area contributed by atoms with Crippen LogP contribution in [0.15, 0.2) is 0 Å². The van der Waals surface area contributed by atoms with E-state index in [0.29, 0.717) is 0 Å². The predicted octanol–water partition coefficient (Wildman–Crippen LogP) is 4.69. The molecular weight excluding hydrogens is 219 g/mol. The van der Waals surface area contributed by atoms with Gasteiger partial charge in [-0.3, -0.25) is 0 Å². The zero-order valence-corrected chi connectivity index (χ0v) is 11.6. The van der Waals surface area contributed by atoms with Crippen LogP contribution in [-0.4, -0.2) is 42.8 Å². The summed E-state index contributed by atoms with van der Waals surface area (Å²) in [6, 6.07) is 0. The average Bonchev–Trinajstić information content (AvgIpc) is 2.31. The van der Waals surface area contributed by atoms with Crippen LogP contribution in [0.25, 0.3) is 0 Å². The van der Waals surface area contributed by atoms with Crippen molar-refractivity contribution in [2.45, 2.75) is 84.5 Å².